The van der Waals surface area contributed by atoms with Gasteiger partial charge in [-0.05, 0) is 6.92 Å². The standard InChI is InChI=1S/C11H17N3O4S/c1-6(9-12-3-4-19-9)5-13-11(18)14-8(7(2)15)10(16)17/h3-4,6-8,15H,5H2,1-2H3,(H,16,17)(H2,13,14,18). The normalized spacial score (nSPS) is 15.3. The molecule has 0 bridgehead atoms. The first-order valence-electron chi connectivity index (χ1n) is 5.76. The molecule has 0 saturated heterocycles. The predicted octanol–water partition coefficient (Wildman–Crippen LogP) is 0.380. The van der Waals surface area contributed by atoms with Crippen molar-refractivity contribution in [1.82, 2.24) is 15.6 Å². The summed E-state index contributed by atoms with van der Waals surface area (Å²) in [4.78, 5) is 26.4. The Morgan fingerprint density at radius 3 is 2.63 bits per heavy atom. The summed E-state index contributed by atoms with van der Waals surface area (Å²) < 4.78 is 0. The quantitative estimate of drug-likeness (QED) is 0.604. The van der Waals surface area contributed by atoms with Crippen molar-refractivity contribution in [1.29, 1.82) is 0 Å². The molecule has 0 spiro atoms. The van der Waals surface area contributed by atoms with Crippen molar-refractivity contribution in [2.75, 3.05) is 6.54 Å². The molecule has 8 heteroatoms. The summed E-state index contributed by atoms with van der Waals surface area (Å²) in [6, 6.07) is -1.95. The van der Waals surface area contributed by atoms with Crippen molar-refractivity contribution < 1.29 is 19.8 Å². The third kappa shape index (κ3) is 4.84. The highest BCUT2D eigenvalue weighted by molar-refractivity contribution is 7.09. The first-order valence-corrected chi connectivity index (χ1v) is 6.64. The number of aliphatic hydroxyl groups is 1. The number of hydrogen-bond donors (Lipinski definition) is 4. The molecule has 7 nitrogen and oxygen atoms in total. The zero-order valence-electron chi connectivity index (χ0n) is 10.7. The number of nitrogens with zero attached hydrogens (tertiary/aromatic N) is 1. The van der Waals surface area contributed by atoms with Gasteiger partial charge in [-0.2, -0.15) is 0 Å². The topological polar surface area (TPSA) is 112 Å². The molecule has 0 aromatic carbocycles. The summed E-state index contributed by atoms with van der Waals surface area (Å²) in [5.41, 5.74) is 0. The van der Waals surface area contributed by atoms with Gasteiger partial charge in [-0.3, -0.25) is 0 Å². The van der Waals surface area contributed by atoms with Crippen LogP contribution in [-0.4, -0.2) is 45.9 Å². The van der Waals surface area contributed by atoms with Gasteiger partial charge in [-0.1, -0.05) is 6.92 Å². The van der Waals surface area contributed by atoms with E-state index in [-0.39, 0.29) is 5.92 Å². The minimum atomic E-state index is -1.32. The minimum Gasteiger partial charge on any atom is -0.480 e. The molecule has 1 heterocycles. The fourth-order valence-corrected chi connectivity index (χ4v) is 2.09. The molecule has 3 atom stereocenters. The predicted molar refractivity (Wildman–Crippen MR) is 70.2 cm³/mol. The van der Waals surface area contributed by atoms with Gasteiger partial charge in [0.05, 0.1) is 11.1 Å². The second-order valence-electron chi connectivity index (χ2n) is 4.18. The number of hydrogen-bond acceptors (Lipinski definition) is 5. The molecular formula is C11H17N3O4S. The molecule has 4 N–H and O–H groups in total. The van der Waals surface area contributed by atoms with Gasteiger partial charge in [0.25, 0.3) is 0 Å². The summed E-state index contributed by atoms with van der Waals surface area (Å²) in [5, 5.41) is 25.5. The van der Waals surface area contributed by atoms with Crippen LogP contribution >= 0.6 is 11.3 Å². The molecule has 3 unspecified atom stereocenters. The van der Waals surface area contributed by atoms with Crippen LogP contribution in [0.1, 0.15) is 24.8 Å². The molecule has 0 radical (unpaired) electrons. The van der Waals surface area contributed by atoms with E-state index in [0.717, 1.165) is 5.01 Å². The number of nitrogens with one attached hydrogen (secondary N) is 2. The van der Waals surface area contributed by atoms with Gasteiger partial charge < -0.3 is 20.8 Å². The maximum absolute atomic E-state index is 11.5. The molecule has 1 aromatic heterocycles. The number of carbonyl (C=O) groups excluding carboxylic acids is 1. The Kier molecular flexibility index (Phi) is 5.71. The van der Waals surface area contributed by atoms with Crippen LogP contribution in [0.4, 0.5) is 4.79 Å². The molecule has 0 aliphatic carbocycles. The van der Waals surface area contributed by atoms with Gasteiger partial charge in [0.2, 0.25) is 0 Å². The Morgan fingerprint density at radius 2 is 2.16 bits per heavy atom. The Hall–Kier alpha value is -1.67. The lowest BCUT2D eigenvalue weighted by atomic mass is 10.2. The number of carbonyl (C=O) groups is 2. The number of urea groups is 1. The maximum Gasteiger partial charge on any atom is 0.328 e. The number of aromatic nitrogens is 1. The number of aliphatic hydroxyl groups excluding tert-OH is 1. The van der Waals surface area contributed by atoms with Crippen molar-refractivity contribution in [3.8, 4) is 0 Å². The second kappa shape index (κ2) is 7.05. The summed E-state index contributed by atoms with van der Waals surface area (Å²) in [5.74, 6) is -1.24. The molecule has 1 rings (SSSR count). The van der Waals surface area contributed by atoms with E-state index in [2.05, 4.69) is 15.6 Å². The first-order chi connectivity index (χ1) is 8.91. The van der Waals surface area contributed by atoms with Crippen LogP contribution in [0.5, 0.6) is 0 Å². The second-order valence-corrected chi connectivity index (χ2v) is 5.11. The largest absolute Gasteiger partial charge is 0.480 e. The van der Waals surface area contributed by atoms with Crippen LogP contribution < -0.4 is 10.6 Å². The first kappa shape index (κ1) is 15.4. The van der Waals surface area contributed by atoms with Crippen LogP contribution in [-0.2, 0) is 4.79 Å². The van der Waals surface area contributed by atoms with E-state index >= 15 is 0 Å². The van der Waals surface area contributed by atoms with E-state index in [1.54, 1.807) is 6.20 Å². The highest BCUT2D eigenvalue weighted by Crippen LogP contribution is 2.16. The molecule has 19 heavy (non-hydrogen) atoms. The molecule has 2 amide bonds. The fourth-order valence-electron chi connectivity index (χ4n) is 1.39. The highest BCUT2D eigenvalue weighted by atomic mass is 32.1. The number of thiazole rings is 1. The lowest BCUT2D eigenvalue weighted by molar-refractivity contribution is -0.141. The smallest absolute Gasteiger partial charge is 0.328 e. The van der Waals surface area contributed by atoms with Crippen LogP contribution in [0.3, 0.4) is 0 Å². The van der Waals surface area contributed by atoms with E-state index in [9.17, 15) is 14.7 Å². The van der Waals surface area contributed by atoms with Crippen molar-refractivity contribution in [2.45, 2.75) is 31.9 Å². The van der Waals surface area contributed by atoms with Gasteiger partial charge in [0, 0.05) is 24.0 Å². The van der Waals surface area contributed by atoms with E-state index in [4.69, 9.17) is 5.11 Å². The molecule has 0 aliphatic heterocycles. The van der Waals surface area contributed by atoms with Crippen molar-refractivity contribution in [3.63, 3.8) is 0 Å². The van der Waals surface area contributed by atoms with E-state index in [1.807, 2.05) is 12.3 Å². The van der Waals surface area contributed by atoms with Gasteiger partial charge in [-0.25, -0.2) is 14.6 Å². The molecular weight excluding hydrogens is 270 g/mol. The number of amides is 2. The van der Waals surface area contributed by atoms with Crippen LogP contribution in [0.15, 0.2) is 11.6 Å². The third-order valence-corrected chi connectivity index (χ3v) is 3.48. The number of carboxylic acid groups (broad SMARTS) is 1. The average Bonchev–Trinajstić information content (AvgIpc) is 2.85. The highest BCUT2D eigenvalue weighted by Gasteiger charge is 2.25. The van der Waals surface area contributed by atoms with Crippen molar-refractivity contribution in [2.24, 2.45) is 0 Å². The summed E-state index contributed by atoms with van der Waals surface area (Å²) >= 11 is 1.49. The molecule has 0 saturated carbocycles. The van der Waals surface area contributed by atoms with Crippen molar-refractivity contribution >= 4 is 23.3 Å². The van der Waals surface area contributed by atoms with Crippen molar-refractivity contribution in [3.05, 3.63) is 16.6 Å². The Bertz CT molecular complexity index is 422. The summed E-state index contributed by atoms with van der Waals surface area (Å²) in [7, 11) is 0. The average molecular weight is 287 g/mol. The van der Waals surface area contributed by atoms with Crippen LogP contribution in [0.25, 0.3) is 0 Å². The molecule has 1 aromatic rings. The van der Waals surface area contributed by atoms with E-state index in [0.29, 0.717) is 6.54 Å². The van der Waals surface area contributed by atoms with E-state index < -0.39 is 24.1 Å². The SMILES string of the molecule is CC(CNC(=O)NC(C(=O)O)C(C)O)c1nccs1. The van der Waals surface area contributed by atoms with Gasteiger partial charge >= 0.3 is 12.0 Å². The van der Waals surface area contributed by atoms with Crippen LogP contribution in [0, 0.1) is 0 Å². The van der Waals surface area contributed by atoms with Gasteiger partial charge in [0.1, 0.15) is 0 Å². The number of aliphatic carboxylic acids is 1. The van der Waals surface area contributed by atoms with Gasteiger partial charge in [0.15, 0.2) is 6.04 Å². The van der Waals surface area contributed by atoms with E-state index in [1.165, 1.54) is 18.3 Å². The molecule has 106 valence electrons. The molecule has 0 aliphatic rings. The lowest BCUT2D eigenvalue weighted by Gasteiger charge is -2.18. The zero-order chi connectivity index (χ0) is 14.4. The Balaban J connectivity index is 2.41. The zero-order valence-corrected chi connectivity index (χ0v) is 11.5. The Labute approximate surface area is 114 Å². The summed E-state index contributed by atoms with van der Waals surface area (Å²) in [6.45, 7) is 3.55. The fraction of sp³-hybridized carbons (Fsp3) is 0.545. The Morgan fingerprint density at radius 1 is 1.47 bits per heavy atom. The molecule has 0 fully saturated rings. The van der Waals surface area contributed by atoms with Gasteiger partial charge in [-0.15, -0.1) is 11.3 Å². The summed E-state index contributed by atoms with van der Waals surface area (Å²) in [6.07, 6.45) is 0.518. The lowest BCUT2D eigenvalue weighted by Crippen LogP contribution is -2.51. The monoisotopic (exact) mass is 287 g/mol. The van der Waals surface area contributed by atoms with Crippen LogP contribution in [0.2, 0.25) is 0 Å². The number of rotatable bonds is 6. The maximum atomic E-state index is 11.5. The minimum absolute atomic E-state index is 0.0422. The number of carboxylic acids is 1. The third-order valence-electron chi connectivity index (χ3n) is 2.48.